The molecular weight excluding hydrogens is 305 g/mol. The van der Waals surface area contributed by atoms with E-state index >= 15 is 0 Å². The zero-order chi connectivity index (χ0) is 12.2. The molecule has 2 atom stereocenters. The van der Waals surface area contributed by atoms with E-state index < -0.39 is 0 Å². The minimum absolute atomic E-state index is 0.707. The predicted octanol–water partition coefficient (Wildman–Crippen LogP) is 4.47. The van der Waals surface area contributed by atoms with Gasteiger partial charge in [0.15, 0.2) is 0 Å². The second-order valence-electron chi connectivity index (χ2n) is 4.59. The van der Waals surface area contributed by atoms with Crippen molar-refractivity contribution in [2.75, 3.05) is 0 Å². The van der Waals surface area contributed by atoms with E-state index in [-0.39, 0.29) is 0 Å². The first-order chi connectivity index (χ1) is 7.70. The van der Waals surface area contributed by atoms with Crippen LogP contribution in [0.2, 0.25) is 5.82 Å². The van der Waals surface area contributed by atoms with Crippen LogP contribution in [0.3, 0.4) is 0 Å². The molecule has 0 rings (SSSR count). The van der Waals surface area contributed by atoms with Gasteiger partial charge in [-0.1, -0.05) is 0 Å². The zero-order valence-corrected chi connectivity index (χ0v) is 13.1. The second kappa shape index (κ2) is 11.9. The molecule has 0 fully saturated rings. The number of halogens is 1. The van der Waals surface area contributed by atoms with Crippen LogP contribution in [0.15, 0.2) is 0 Å². The van der Waals surface area contributed by atoms with E-state index in [1.165, 1.54) is 25.7 Å². The third-order valence-electron chi connectivity index (χ3n) is 2.95. The van der Waals surface area contributed by atoms with E-state index in [0.29, 0.717) is 5.82 Å². The molecule has 0 aromatic carbocycles. The van der Waals surface area contributed by atoms with E-state index in [1.54, 1.807) is 0 Å². The Hall–Kier alpha value is 0.420. The van der Waals surface area contributed by atoms with Gasteiger partial charge in [0.25, 0.3) is 0 Å². The summed E-state index contributed by atoms with van der Waals surface area (Å²) in [7, 11) is 0. The van der Waals surface area contributed by atoms with E-state index in [4.69, 9.17) is 0 Å². The molecule has 0 nitrogen and oxygen atoms in total. The molecule has 2 unspecified atom stereocenters. The van der Waals surface area contributed by atoms with Gasteiger partial charge in [0, 0.05) is 0 Å². The van der Waals surface area contributed by atoms with Crippen molar-refractivity contribution in [3.8, 4) is 11.8 Å². The van der Waals surface area contributed by atoms with Crippen LogP contribution in [0, 0.1) is 17.8 Å². The Morgan fingerprint density at radius 3 is 2.44 bits per heavy atom. The molecule has 3 heteroatoms. The molecule has 0 saturated heterocycles. The summed E-state index contributed by atoms with van der Waals surface area (Å²) in [4.78, 5) is 0. The molecule has 0 bridgehead atoms. The summed E-state index contributed by atoms with van der Waals surface area (Å²) in [5, 5.41) is 0. The molecule has 16 heavy (non-hydrogen) atoms. The molecular formula is C13H23B2I. The molecule has 0 spiro atoms. The Balaban J connectivity index is 3.41. The molecule has 0 amide bonds. The Morgan fingerprint density at radius 2 is 1.81 bits per heavy atom. The van der Waals surface area contributed by atoms with E-state index in [2.05, 4.69) is 66.4 Å². The average molecular weight is 328 g/mol. The molecule has 88 valence electrons. The van der Waals surface area contributed by atoms with E-state index in [9.17, 15) is 0 Å². The third-order valence-corrected chi connectivity index (χ3v) is 3.36. The summed E-state index contributed by atoms with van der Waals surface area (Å²) >= 11 is 2.28. The summed E-state index contributed by atoms with van der Waals surface area (Å²) in [6.45, 7) is 9.09. The van der Waals surface area contributed by atoms with Crippen molar-refractivity contribution in [2.24, 2.45) is 5.92 Å². The monoisotopic (exact) mass is 328 g/mol. The number of hydrogen-bond acceptors (Lipinski definition) is 0. The van der Waals surface area contributed by atoms with Gasteiger partial charge in [-0.15, -0.1) is 0 Å². The van der Waals surface area contributed by atoms with Gasteiger partial charge in [0.1, 0.15) is 0 Å². The standard InChI is InChI=1S/C13H23B2I/c1-4-12(2)10-8-6-5-7-9-11-13(3)14-15-16/h12-13H,4,7-11H2,1-3H3. The topological polar surface area (TPSA) is 0 Å². The Kier molecular flexibility index (Phi) is 12.2. The van der Waals surface area contributed by atoms with Crippen LogP contribution < -0.4 is 0 Å². The predicted molar refractivity (Wildman–Crippen MR) is 85.3 cm³/mol. The maximum atomic E-state index is 3.29. The number of hydrogen-bond donors (Lipinski definition) is 0. The first kappa shape index (κ1) is 16.4. The van der Waals surface area contributed by atoms with Crippen molar-refractivity contribution in [3.05, 3.63) is 0 Å². The van der Waals surface area contributed by atoms with Crippen molar-refractivity contribution < 1.29 is 0 Å². The fourth-order valence-corrected chi connectivity index (χ4v) is 2.14. The quantitative estimate of drug-likeness (QED) is 0.280. The van der Waals surface area contributed by atoms with Crippen LogP contribution in [0.1, 0.15) is 59.3 Å². The van der Waals surface area contributed by atoms with Crippen molar-refractivity contribution >= 4 is 33.8 Å². The first-order valence-electron chi connectivity index (χ1n) is 6.43. The van der Waals surface area contributed by atoms with Crippen LogP contribution in [-0.2, 0) is 0 Å². The van der Waals surface area contributed by atoms with Gasteiger partial charge >= 0.3 is 117 Å². The zero-order valence-electron chi connectivity index (χ0n) is 10.9. The van der Waals surface area contributed by atoms with Gasteiger partial charge in [0.05, 0.1) is 0 Å². The normalized spacial score (nSPS) is 13.5. The maximum absolute atomic E-state index is 3.29. The fourth-order valence-electron chi connectivity index (χ4n) is 1.43. The van der Waals surface area contributed by atoms with Gasteiger partial charge in [-0.2, -0.15) is 0 Å². The SMILES string of the molecule is CCC(C)CCC#CCCCC(C)B=BI. The van der Waals surface area contributed by atoms with Crippen molar-refractivity contribution in [1.82, 2.24) is 0 Å². The van der Waals surface area contributed by atoms with Crippen LogP contribution in [0.25, 0.3) is 0 Å². The third kappa shape index (κ3) is 10.9. The van der Waals surface area contributed by atoms with E-state index in [1.807, 2.05) is 0 Å². The van der Waals surface area contributed by atoms with Gasteiger partial charge in [-0.25, -0.2) is 0 Å². The molecule has 0 aliphatic heterocycles. The van der Waals surface area contributed by atoms with Crippen molar-refractivity contribution in [1.29, 1.82) is 0 Å². The molecule has 0 aromatic rings. The molecule has 0 aliphatic rings. The van der Waals surface area contributed by atoms with E-state index in [0.717, 1.165) is 18.8 Å². The molecule has 0 radical (unpaired) electrons. The van der Waals surface area contributed by atoms with Crippen LogP contribution in [-0.4, -0.2) is 11.5 Å². The van der Waals surface area contributed by atoms with Crippen LogP contribution in [0.4, 0.5) is 0 Å². The molecule has 0 aliphatic carbocycles. The summed E-state index contributed by atoms with van der Waals surface area (Å²) < 4.78 is 2.11. The number of unbranched alkanes of at least 4 members (excludes halogenated alkanes) is 1. The first-order valence-corrected chi connectivity index (χ1v) is 7.67. The summed E-state index contributed by atoms with van der Waals surface area (Å²) in [5.41, 5.74) is 0. The van der Waals surface area contributed by atoms with Gasteiger partial charge in [-0.05, 0) is 0 Å². The summed E-state index contributed by atoms with van der Waals surface area (Å²) in [6.07, 6.45) is 7.19. The van der Waals surface area contributed by atoms with Gasteiger partial charge < -0.3 is 0 Å². The molecule has 0 N–H and O–H groups in total. The molecule has 0 saturated carbocycles. The Morgan fingerprint density at radius 1 is 1.12 bits per heavy atom. The average Bonchev–Trinajstić information content (AvgIpc) is 2.27. The summed E-state index contributed by atoms with van der Waals surface area (Å²) in [6, 6.07) is 0. The molecule has 0 heterocycles. The van der Waals surface area contributed by atoms with Gasteiger partial charge in [-0.3, -0.25) is 0 Å². The fraction of sp³-hybridized carbons (Fsp3) is 0.846. The number of rotatable bonds is 7. The second-order valence-corrected chi connectivity index (χ2v) is 5.31. The Bertz CT molecular complexity index is 240. The van der Waals surface area contributed by atoms with Crippen LogP contribution in [0.5, 0.6) is 0 Å². The minimum atomic E-state index is 0.707. The van der Waals surface area contributed by atoms with Crippen molar-refractivity contribution in [2.45, 2.75) is 65.1 Å². The van der Waals surface area contributed by atoms with Crippen molar-refractivity contribution in [3.63, 3.8) is 0 Å². The Labute approximate surface area is 116 Å². The van der Waals surface area contributed by atoms with Crippen LogP contribution >= 0.6 is 22.4 Å². The molecule has 0 aromatic heterocycles. The summed E-state index contributed by atoms with van der Waals surface area (Å²) in [5.74, 6) is 8.12. The van der Waals surface area contributed by atoms with Gasteiger partial charge in [0.2, 0.25) is 0 Å².